The first-order valence-electron chi connectivity index (χ1n) is 4.21. The summed E-state index contributed by atoms with van der Waals surface area (Å²) in [6.07, 6.45) is 2.23. The minimum Gasteiger partial charge on any atom is -0.462 e. The second-order valence-corrected chi connectivity index (χ2v) is 3.02. The van der Waals surface area contributed by atoms with Gasteiger partial charge in [-0.3, -0.25) is 0 Å². The Kier molecular flexibility index (Phi) is 5.89. The Labute approximate surface area is 79.7 Å². The summed E-state index contributed by atoms with van der Waals surface area (Å²) in [5, 5.41) is 0. The van der Waals surface area contributed by atoms with Crippen molar-refractivity contribution >= 4 is 5.97 Å². The lowest BCUT2D eigenvalue weighted by atomic mass is 10.3. The molecule has 0 aromatic carbocycles. The number of rotatable bonds is 6. The van der Waals surface area contributed by atoms with Gasteiger partial charge in [-0.05, 0) is 20.5 Å². The zero-order chi connectivity index (χ0) is 10.3. The molecule has 0 atom stereocenters. The predicted octanol–water partition coefficient (Wildman–Crippen LogP) is 1.22. The first kappa shape index (κ1) is 11.9. The fourth-order valence-corrected chi connectivity index (χ4v) is 0.722. The van der Waals surface area contributed by atoms with Crippen LogP contribution >= 0.6 is 0 Å². The van der Waals surface area contributed by atoms with Crippen molar-refractivity contribution in [2.75, 3.05) is 27.2 Å². The predicted molar refractivity (Wildman–Crippen MR) is 53.5 cm³/mol. The Morgan fingerprint density at radius 2 is 2.15 bits per heavy atom. The number of carbonyl (C=O) groups excluding carboxylic acids is 1. The van der Waals surface area contributed by atoms with Gasteiger partial charge in [0.15, 0.2) is 0 Å². The lowest BCUT2D eigenvalue weighted by Crippen LogP contribution is -2.16. The van der Waals surface area contributed by atoms with Crippen LogP contribution in [0.3, 0.4) is 0 Å². The minimum absolute atomic E-state index is 0.310. The first-order valence-corrected chi connectivity index (χ1v) is 4.21. The molecule has 0 aliphatic heterocycles. The van der Waals surface area contributed by atoms with E-state index in [4.69, 9.17) is 4.74 Å². The highest BCUT2D eigenvalue weighted by Gasteiger charge is 2.03. The minimum atomic E-state index is -0.381. The molecule has 0 radical (unpaired) electrons. The van der Waals surface area contributed by atoms with Crippen LogP contribution in [0.15, 0.2) is 24.8 Å². The van der Waals surface area contributed by atoms with Gasteiger partial charge in [0.1, 0.15) is 0 Å². The first-order chi connectivity index (χ1) is 6.07. The summed E-state index contributed by atoms with van der Waals surface area (Å²) in [6.45, 7) is 8.26. The van der Waals surface area contributed by atoms with Crippen LogP contribution < -0.4 is 0 Å². The summed E-state index contributed by atoms with van der Waals surface area (Å²) in [4.78, 5) is 13.0. The van der Waals surface area contributed by atoms with Gasteiger partial charge in [0.05, 0.1) is 12.2 Å². The van der Waals surface area contributed by atoms with E-state index in [1.165, 1.54) is 6.08 Å². The third-order valence-electron chi connectivity index (χ3n) is 1.49. The monoisotopic (exact) mass is 183 g/mol. The fraction of sp³-hybridized carbons (Fsp3) is 0.500. The van der Waals surface area contributed by atoms with Gasteiger partial charge in [0.25, 0.3) is 0 Å². The number of carbonyl (C=O) groups is 1. The quantitative estimate of drug-likeness (QED) is 0.268. The van der Waals surface area contributed by atoms with E-state index in [2.05, 4.69) is 13.2 Å². The van der Waals surface area contributed by atoms with Crippen LogP contribution in [0.2, 0.25) is 0 Å². The smallest absolute Gasteiger partial charge is 0.337 e. The normalized spacial score (nSPS) is 9.77. The molecule has 3 heteroatoms. The third-order valence-corrected chi connectivity index (χ3v) is 1.49. The number of nitrogens with zero attached hydrogens (tertiary/aromatic N) is 1. The number of esters is 1. The summed E-state index contributed by atoms with van der Waals surface area (Å²) in [5.41, 5.74) is 0.310. The zero-order valence-electron chi connectivity index (χ0n) is 8.38. The van der Waals surface area contributed by atoms with Gasteiger partial charge in [0.2, 0.25) is 0 Å². The van der Waals surface area contributed by atoms with Crippen LogP contribution in [-0.4, -0.2) is 38.1 Å². The maximum absolute atomic E-state index is 11.0. The van der Waals surface area contributed by atoms with Crippen LogP contribution in [-0.2, 0) is 9.53 Å². The number of hydrogen-bond donors (Lipinski definition) is 0. The van der Waals surface area contributed by atoms with Crippen molar-refractivity contribution in [1.82, 2.24) is 4.90 Å². The Morgan fingerprint density at radius 1 is 1.54 bits per heavy atom. The van der Waals surface area contributed by atoms with Crippen LogP contribution in [0.4, 0.5) is 0 Å². The zero-order valence-corrected chi connectivity index (χ0v) is 8.38. The molecule has 0 rings (SSSR count). The van der Waals surface area contributed by atoms with Crippen LogP contribution in [0.5, 0.6) is 0 Å². The van der Waals surface area contributed by atoms with Gasteiger partial charge in [-0.25, -0.2) is 4.79 Å². The van der Waals surface area contributed by atoms with E-state index in [0.29, 0.717) is 12.2 Å². The van der Waals surface area contributed by atoms with E-state index in [1.54, 1.807) is 0 Å². The maximum atomic E-state index is 11.0. The van der Waals surface area contributed by atoms with Crippen molar-refractivity contribution in [1.29, 1.82) is 0 Å². The second kappa shape index (κ2) is 6.43. The molecule has 0 saturated carbocycles. The Balaban J connectivity index is 3.48. The molecule has 0 aromatic rings. The van der Waals surface area contributed by atoms with E-state index >= 15 is 0 Å². The van der Waals surface area contributed by atoms with E-state index in [-0.39, 0.29) is 5.97 Å². The molecular weight excluding hydrogens is 166 g/mol. The summed E-state index contributed by atoms with van der Waals surface area (Å²) < 4.78 is 4.91. The van der Waals surface area contributed by atoms with Crippen molar-refractivity contribution in [3.8, 4) is 0 Å². The number of hydrogen-bond acceptors (Lipinski definition) is 3. The van der Waals surface area contributed by atoms with Crippen LogP contribution in [0.25, 0.3) is 0 Å². The lowest BCUT2D eigenvalue weighted by Gasteiger charge is -2.09. The molecule has 0 amide bonds. The molecule has 0 spiro atoms. The highest BCUT2D eigenvalue weighted by atomic mass is 16.5. The summed E-state index contributed by atoms with van der Waals surface area (Å²) in [5.74, 6) is -0.381. The molecule has 0 saturated heterocycles. The SMILES string of the molecule is C=CC(=C)C(=O)OCCCN(C)C. The molecule has 0 aliphatic rings. The largest absolute Gasteiger partial charge is 0.462 e. The van der Waals surface area contributed by atoms with E-state index in [1.807, 2.05) is 19.0 Å². The van der Waals surface area contributed by atoms with Crippen LogP contribution in [0.1, 0.15) is 6.42 Å². The highest BCUT2D eigenvalue weighted by Crippen LogP contribution is 1.96. The molecule has 0 aromatic heterocycles. The Hall–Kier alpha value is -1.09. The molecule has 0 fully saturated rings. The topological polar surface area (TPSA) is 29.5 Å². The van der Waals surface area contributed by atoms with Gasteiger partial charge in [-0.1, -0.05) is 19.2 Å². The average Bonchev–Trinajstić information content (AvgIpc) is 2.10. The average molecular weight is 183 g/mol. The molecule has 0 heterocycles. The molecular formula is C10H17NO2. The molecule has 3 nitrogen and oxygen atoms in total. The van der Waals surface area contributed by atoms with Gasteiger partial charge in [0, 0.05) is 6.54 Å². The van der Waals surface area contributed by atoms with Crippen molar-refractivity contribution < 1.29 is 9.53 Å². The molecule has 0 unspecified atom stereocenters. The third kappa shape index (κ3) is 6.11. The lowest BCUT2D eigenvalue weighted by molar-refractivity contribution is -0.138. The molecule has 0 bridgehead atoms. The molecule has 0 N–H and O–H groups in total. The van der Waals surface area contributed by atoms with Crippen molar-refractivity contribution in [3.63, 3.8) is 0 Å². The molecule has 0 aliphatic carbocycles. The summed E-state index contributed by atoms with van der Waals surface area (Å²) >= 11 is 0. The van der Waals surface area contributed by atoms with Crippen LogP contribution in [0, 0.1) is 0 Å². The van der Waals surface area contributed by atoms with Gasteiger partial charge >= 0.3 is 5.97 Å². The Morgan fingerprint density at radius 3 is 2.62 bits per heavy atom. The van der Waals surface area contributed by atoms with Gasteiger partial charge in [-0.2, -0.15) is 0 Å². The van der Waals surface area contributed by atoms with Crippen molar-refractivity contribution in [2.24, 2.45) is 0 Å². The van der Waals surface area contributed by atoms with E-state index in [9.17, 15) is 4.79 Å². The Bertz CT molecular complexity index is 197. The van der Waals surface area contributed by atoms with Gasteiger partial charge < -0.3 is 9.64 Å². The van der Waals surface area contributed by atoms with E-state index < -0.39 is 0 Å². The highest BCUT2D eigenvalue weighted by molar-refractivity contribution is 5.90. The van der Waals surface area contributed by atoms with Crippen molar-refractivity contribution in [3.05, 3.63) is 24.8 Å². The summed E-state index contributed by atoms with van der Waals surface area (Å²) in [7, 11) is 3.95. The standard InChI is InChI=1S/C10H17NO2/c1-5-9(2)10(12)13-8-6-7-11(3)4/h5H,1-2,6-8H2,3-4H3. The number of ether oxygens (including phenoxy) is 1. The molecule has 74 valence electrons. The van der Waals surface area contributed by atoms with E-state index in [0.717, 1.165) is 13.0 Å². The molecule has 13 heavy (non-hydrogen) atoms. The maximum Gasteiger partial charge on any atom is 0.337 e. The summed E-state index contributed by atoms with van der Waals surface area (Å²) in [6, 6.07) is 0. The second-order valence-electron chi connectivity index (χ2n) is 3.02. The van der Waals surface area contributed by atoms with Gasteiger partial charge in [-0.15, -0.1) is 0 Å². The van der Waals surface area contributed by atoms with Crippen molar-refractivity contribution in [2.45, 2.75) is 6.42 Å². The fourth-order valence-electron chi connectivity index (χ4n) is 0.722.